The Labute approximate surface area is 185 Å². The Hall–Kier alpha value is -2.86. The van der Waals surface area contributed by atoms with Crippen LogP contribution in [0.4, 0.5) is 5.69 Å². The predicted octanol–water partition coefficient (Wildman–Crippen LogP) is 1.97. The predicted molar refractivity (Wildman–Crippen MR) is 123 cm³/mol. The highest BCUT2D eigenvalue weighted by Gasteiger charge is 2.26. The smallest absolute Gasteiger partial charge is 0.279 e. The van der Waals surface area contributed by atoms with Gasteiger partial charge in [-0.1, -0.05) is 35.9 Å². The highest BCUT2D eigenvalue weighted by atomic mass is 16.5. The number of ether oxygens (including phenoxy) is 1. The Bertz CT molecular complexity index is 919. The minimum absolute atomic E-state index is 0.00147. The van der Waals surface area contributed by atoms with E-state index in [-0.39, 0.29) is 18.4 Å². The van der Waals surface area contributed by atoms with Gasteiger partial charge < -0.3 is 19.9 Å². The first-order valence-corrected chi connectivity index (χ1v) is 10.9. The van der Waals surface area contributed by atoms with Gasteiger partial charge in [-0.05, 0) is 56.9 Å². The van der Waals surface area contributed by atoms with E-state index in [0.717, 1.165) is 46.8 Å². The van der Waals surface area contributed by atoms with Crippen molar-refractivity contribution in [2.75, 3.05) is 44.6 Å². The molecule has 1 heterocycles. The van der Waals surface area contributed by atoms with Crippen molar-refractivity contribution in [3.05, 3.63) is 58.1 Å². The fourth-order valence-corrected chi connectivity index (χ4v) is 4.29. The highest BCUT2D eigenvalue weighted by Crippen LogP contribution is 2.24. The first-order chi connectivity index (χ1) is 14.7. The minimum atomic E-state index is -0.00147. The summed E-state index contributed by atoms with van der Waals surface area (Å²) in [6, 6.07) is 10.1. The van der Waals surface area contributed by atoms with Crippen molar-refractivity contribution in [3.8, 4) is 5.75 Å². The number of hydrogen-bond acceptors (Lipinski definition) is 3. The molecule has 6 nitrogen and oxygen atoms in total. The summed E-state index contributed by atoms with van der Waals surface area (Å²) >= 11 is 0. The minimum Gasteiger partial charge on any atom is -0.483 e. The van der Waals surface area contributed by atoms with Crippen LogP contribution < -0.4 is 15.0 Å². The second-order valence-electron chi connectivity index (χ2n) is 8.64. The summed E-state index contributed by atoms with van der Waals surface area (Å²) in [6.07, 6.45) is 0. The van der Waals surface area contributed by atoms with Gasteiger partial charge in [0, 0.05) is 5.69 Å². The van der Waals surface area contributed by atoms with Gasteiger partial charge in [-0.25, -0.2) is 0 Å². The van der Waals surface area contributed by atoms with Crippen LogP contribution in [0.3, 0.4) is 0 Å². The molecule has 31 heavy (non-hydrogen) atoms. The number of quaternary nitrogens is 1. The maximum absolute atomic E-state index is 12.6. The largest absolute Gasteiger partial charge is 0.483 e. The first kappa shape index (κ1) is 22.8. The third-order valence-corrected chi connectivity index (χ3v) is 5.92. The van der Waals surface area contributed by atoms with Crippen molar-refractivity contribution in [1.82, 2.24) is 4.90 Å². The normalized spacial score (nSPS) is 14.4. The third-order valence-electron chi connectivity index (χ3n) is 5.92. The number of aryl methyl sites for hydroxylation is 5. The van der Waals surface area contributed by atoms with Gasteiger partial charge in [-0.3, -0.25) is 9.59 Å². The van der Waals surface area contributed by atoms with Crippen LogP contribution in [0.1, 0.15) is 27.8 Å². The summed E-state index contributed by atoms with van der Waals surface area (Å²) in [7, 11) is 0. The third kappa shape index (κ3) is 5.85. The zero-order valence-electron chi connectivity index (χ0n) is 19.3. The molecule has 0 saturated carbocycles. The van der Waals surface area contributed by atoms with Crippen molar-refractivity contribution < 1.29 is 19.2 Å². The van der Waals surface area contributed by atoms with Crippen LogP contribution in [0.25, 0.3) is 0 Å². The van der Waals surface area contributed by atoms with Crippen LogP contribution in [-0.2, 0) is 9.59 Å². The van der Waals surface area contributed by atoms with Crippen molar-refractivity contribution >= 4 is 17.5 Å². The molecule has 166 valence electrons. The number of anilines is 1. The van der Waals surface area contributed by atoms with Crippen molar-refractivity contribution in [1.29, 1.82) is 0 Å². The van der Waals surface area contributed by atoms with E-state index < -0.39 is 0 Å². The quantitative estimate of drug-likeness (QED) is 0.745. The molecule has 0 aliphatic carbocycles. The summed E-state index contributed by atoms with van der Waals surface area (Å²) in [5.41, 5.74) is 6.33. The zero-order valence-corrected chi connectivity index (χ0v) is 19.3. The van der Waals surface area contributed by atoms with Gasteiger partial charge in [-0.15, -0.1) is 0 Å². The monoisotopic (exact) mass is 424 g/mol. The first-order valence-electron chi connectivity index (χ1n) is 10.9. The lowest BCUT2D eigenvalue weighted by atomic mass is 10.1. The topological polar surface area (TPSA) is 63.1 Å². The van der Waals surface area contributed by atoms with E-state index in [0.29, 0.717) is 19.6 Å². The van der Waals surface area contributed by atoms with Crippen LogP contribution in [0.5, 0.6) is 5.75 Å². The van der Waals surface area contributed by atoms with Crippen molar-refractivity contribution in [2.45, 2.75) is 34.6 Å². The lowest BCUT2D eigenvalue weighted by Crippen LogP contribution is -3.15. The molecule has 2 amide bonds. The SMILES string of the molecule is Cc1cc(C)c(OCC(=O)N2CC[NH+](CC(=O)Nc3c(C)cccc3C)CC2)c(C)c1. The maximum atomic E-state index is 12.6. The van der Waals surface area contributed by atoms with Gasteiger partial charge in [0.25, 0.3) is 11.8 Å². The molecule has 6 heteroatoms. The fraction of sp³-hybridized carbons (Fsp3) is 0.440. The molecule has 0 unspecified atom stereocenters. The number of carbonyl (C=O) groups is 2. The molecule has 0 atom stereocenters. The second kappa shape index (κ2) is 9.96. The summed E-state index contributed by atoms with van der Waals surface area (Å²) in [5.74, 6) is 0.811. The number of benzene rings is 2. The van der Waals surface area contributed by atoms with E-state index >= 15 is 0 Å². The van der Waals surface area contributed by atoms with Gasteiger partial charge in [-0.2, -0.15) is 0 Å². The number of para-hydroxylation sites is 1. The molecule has 1 fully saturated rings. The van der Waals surface area contributed by atoms with Crippen LogP contribution in [0, 0.1) is 34.6 Å². The van der Waals surface area contributed by atoms with E-state index in [1.54, 1.807) is 0 Å². The lowest BCUT2D eigenvalue weighted by molar-refractivity contribution is -0.895. The molecular weight excluding hydrogens is 390 g/mol. The molecule has 0 aromatic heterocycles. The maximum Gasteiger partial charge on any atom is 0.279 e. The molecule has 3 rings (SSSR count). The Kier molecular flexibility index (Phi) is 7.33. The van der Waals surface area contributed by atoms with Gasteiger partial charge in [0.1, 0.15) is 5.75 Å². The molecule has 2 aromatic rings. The Morgan fingerprint density at radius 3 is 2.13 bits per heavy atom. The molecule has 1 aliphatic rings. The lowest BCUT2D eigenvalue weighted by Gasteiger charge is -2.32. The fourth-order valence-electron chi connectivity index (χ4n) is 4.29. The summed E-state index contributed by atoms with van der Waals surface area (Å²) < 4.78 is 5.86. The van der Waals surface area contributed by atoms with E-state index in [4.69, 9.17) is 4.74 Å². The number of rotatable bonds is 6. The summed E-state index contributed by atoms with van der Waals surface area (Å²) in [4.78, 5) is 28.2. The molecule has 0 spiro atoms. The molecule has 2 aromatic carbocycles. The molecule has 2 N–H and O–H groups in total. The van der Waals surface area contributed by atoms with Crippen LogP contribution in [0.15, 0.2) is 30.3 Å². The highest BCUT2D eigenvalue weighted by molar-refractivity contribution is 5.93. The number of hydrogen-bond donors (Lipinski definition) is 2. The Morgan fingerprint density at radius 1 is 0.968 bits per heavy atom. The average molecular weight is 425 g/mol. The number of carbonyl (C=O) groups excluding carboxylic acids is 2. The molecule has 1 saturated heterocycles. The van der Waals surface area contributed by atoms with Crippen molar-refractivity contribution in [3.63, 3.8) is 0 Å². The number of piperazine rings is 1. The average Bonchev–Trinajstić information content (AvgIpc) is 2.70. The Balaban J connectivity index is 1.46. The number of nitrogens with one attached hydrogen (secondary N) is 2. The van der Waals surface area contributed by atoms with E-state index in [2.05, 4.69) is 24.4 Å². The molecule has 1 aliphatic heterocycles. The van der Waals surface area contributed by atoms with Crippen LogP contribution in [-0.4, -0.2) is 56.0 Å². The standard InChI is InChI=1S/C25H33N3O3/c1-17-13-20(4)25(21(5)14-17)31-16-23(30)28-11-9-27(10-12-28)15-22(29)26-24-18(2)7-6-8-19(24)3/h6-8,13-14H,9-12,15-16H2,1-5H3,(H,26,29)/p+1. The Morgan fingerprint density at radius 2 is 1.55 bits per heavy atom. The van der Waals surface area contributed by atoms with Crippen LogP contribution >= 0.6 is 0 Å². The zero-order chi connectivity index (χ0) is 22.5. The van der Waals surface area contributed by atoms with Gasteiger partial charge in [0.2, 0.25) is 0 Å². The molecular formula is C25H34N3O3+. The van der Waals surface area contributed by atoms with E-state index in [1.165, 1.54) is 10.5 Å². The van der Waals surface area contributed by atoms with Gasteiger partial charge in [0.05, 0.1) is 26.2 Å². The van der Waals surface area contributed by atoms with Gasteiger partial charge >= 0.3 is 0 Å². The second-order valence-corrected chi connectivity index (χ2v) is 8.64. The molecule has 0 radical (unpaired) electrons. The number of nitrogens with zero attached hydrogens (tertiary/aromatic N) is 1. The van der Waals surface area contributed by atoms with Crippen molar-refractivity contribution in [2.24, 2.45) is 0 Å². The summed E-state index contributed by atoms with van der Waals surface area (Å²) in [6.45, 7) is 13.3. The number of amides is 2. The van der Waals surface area contributed by atoms with Crippen LogP contribution in [0.2, 0.25) is 0 Å². The summed E-state index contributed by atoms with van der Waals surface area (Å²) in [5, 5.41) is 3.05. The van der Waals surface area contributed by atoms with E-state index in [9.17, 15) is 9.59 Å². The van der Waals surface area contributed by atoms with E-state index in [1.807, 2.05) is 50.8 Å². The molecule has 0 bridgehead atoms. The van der Waals surface area contributed by atoms with Gasteiger partial charge in [0.15, 0.2) is 13.2 Å².